The first-order valence-electron chi connectivity index (χ1n) is 8.76. The van der Waals surface area contributed by atoms with E-state index in [1.807, 2.05) is 6.07 Å². The van der Waals surface area contributed by atoms with Crippen LogP contribution < -0.4 is 10.2 Å². The lowest BCUT2D eigenvalue weighted by Gasteiger charge is -2.35. The molecule has 3 rings (SSSR count). The second kappa shape index (κ2) is 8.27. The van der Waals surface area contributed by atoms with Gasteiger partial charge in [0.25, 0.3) is 0 Å². The molecule has 0 atom stereocenters. The van der Waals surface area contributed by atoms with Crippen LogP contribution in [0.1, 0.15) is 18.1 Å². The molecule has 128 valence electrons. The third kappa shape index (κ3) is 4.56. The maximum Gasteiger partial charge on any atom is 0.123 e. The van der Waals surface area contributed by atoms with Gasteiger partial charge in [0.15, 0.2) is 0 Å². The zero-order valence-electron chi connectivity index (χ0n) is 14.3. The van der Waals surface area contributed by atoms with E-state index in [4.69, 9.17) is 0 Å². The van der Waals surface area contributed by atoms with Crippen LogP contribution in [0.4, 0.5) is 10.1 Å². The molecule has 0 aliphatic carbocycles. The Balaban J connectivity index is 1.48. The van der Waals surface area contributed by atoms with Gasteiger partial charge in [-0.2, -0.15) is 0 Å². The van der Waals surface area contributed by atoms with E-state index < -0.39 is 0 Å². The Kier molecular flexibility index (Phi) is 5.83. The zero-order valence-corrected chi connectivity index (χ0v) is 14.3. The van der Waals surface area contributed by atoms with Gasteiger partial charge in [-0.05, 0) is 41.9 Å². The Bertz CT molecular complexity index is 634. The quantitative estimate of drug-likeness (QED) is 0.878. The minimum absolute atomic E-state index is 0.179. The van der Waals surface area contributed by atoms with E-state index in [-0.39, 0.29) is 5.82 Å². The fourth-order valence-corrected chi connectivity index (χ4v) is 3.15. The molecule has 0 saturated carbocycles. The number of benzene rings is 2. The van der Waals surface area contributed by atoms with Gasteiger partial charge in [-0.15, -0.1) is 0 Å². The molecule has 1 aliphatic heterocycles. The van der Waals surface area contributed by atoms with Crippen molar-refractivity contribution in [1.29, 1.82) is 0 Å². The Hall–Kier alpha value is -1.91. The van der Waals surface area contributed by atoms with E-state index in [9.17, 15) is 4.39 Å². The summed E-state index contributed by atoms with van der Waals surface area (Å²) in [5, 5.41) is 3.37. The minimum Gasteiger partial charge on any atom is -0.369 e. The first kappa shape index (κ1) is 16.9. The van der Waals surface area contributed by atoms with Gasteiger partial charge in [-0.1, -0.05) is 31.2 Å². The number of likely N-dealkylation sites (N-methyl/N-ethyl adjacent to an activating group) is 1. The Morgan fingerprint density at radius 2 is 1.62 bits per heavy atom. The molecule has 1 heterocycles. The van der Waals surface area contributed by atoms with Gasteiger partial charge >= 0.3 is 0 Å². The summed E-state index contributed by atoms with van der Waals surface area (Å²) in [7, 11) is 0. The molecule has 1 N–H and O–H groups in total. The van der Waals surface area contributed by atoms with Crippen molar-refractivity contribution in [3.05, 3.63) is 65.5 Å². The highest BCUT2D eigenvalue weighted by Gasteiger charge is 2.15. The molecule has 0 aromatic heterocycles. The maximum atomic E-state index is 13.2. The van der Waals surface area contributed by atoms with Crippen LogP contribution in [-0.4, -0.2) is 37.6 Å². The van der Waals surface area contributed by atoms with E-state index in [2.05, 4.69) is 46.3 Å². The molecule has 0 amide bonds. The van der Waals surface area contributed by atoms with Crippen LogP contribution in [0.25, 0.3) is 0 Å². The molecule has 0 radical (unpaired) electrons. The summed E-state index contributed by atoms with van der Waals surface area (Å²) in [6.45, 7) is 9.33. The Morgan fingerprint density at radius 1 is 0.917 bits per heavy atom. The molecule has 1 aliphatic rings. The van der Waals surface area contributed by atoms with Crippen molar-refractivity contribution in [2.24, 2.45) is 0 Å². The monoisotopic (exact) mass is 327 g/mol. The number of anilines is 1. The summed E-state index contributed by atoms with van der Waals surface area (Å²) in [6.07, 6.45) is 0. The number of rotatable bonds is 6. The Labute approximate surface area is 144 Å². The normalized spacial score (nSPS) is 15.7. The largest absolute Gasteiger partial charge is 0.369 e. The van der Waals surface area contributed by atoms with Crippen LogP contribution in [0.5, 0.6) is 0 Å². The molecule has 0 spiro atoms. The molecular formula is C20H26FN3. The van der Waals surface area contributed by atoms with Crippen molar-refractivity contribution in [3.63, 3.8) is 0 Å². The van der Waals surface area contributed by atoms with Crippen molar-refractivity contribution in [1.82, 2.24) is 10.2 Å². The molecule has 1 saturated heterocycles. The third-order valence-electron chi connectivity index (χ3n) is 4.67. The predicted molar refractivity (Wildman–Crippen MR) is 97.7 cm³/mol. The van der Waals surface area contributed by atoms with Gasteiger partial charge in [0.05, 0.1) is 0 Å². The summed E-state index contributed by atoms with van der Waals surface area (Å²) in [5.74, 6) is -0.179. The van der Waals surface area contributed by atoms with Crippen molar-refractivity contribution in [2.75, 3.05) is 37.6 Å². The molecular weight excluding hydrogens is 301 g/mol. The first-order valence-corrected chi connectivity index (χ1v) is 8.76. The number of nitrogens with one attached hydrogen (secondary N) is 1. The third-order valence-corrected chi connectivity index (χ3v) is 4.67. The average molecular weight is 327 g/mol. The van der Waals surface area contributed by atoms with Gasteiger partial charge in [-0.3, -0.25) is 0 Å². The topological polar surface area (TPSA) is 18.5 Å². The zero-order chi connectivity index (χ0) is 16.8. The standard InChI is InChI=1S/C20H26FN3/c1-2-23-10-12-24(13-11-23)20-8-6-17(7-9-20)15-22-16-18-4-3-5-19(21)14-18/h3-9,14,22H,2,10-13,15-16H2,1H3. The van der Waals surface area contributed by atoms with Crippen LogP contribution in [-0.2, 0) is 13.1 Å². The SMILES string of the molecule is CCN1CCN(c2ccc(CNCc3cccc(F)c3)cc2)CC1. The molecule has 2 aromatic rings. The number of nitrogens with zero attached hydrogens (tertiary/aromatic N) is 2. The van der Waals surface area contributed by atoms with Crippen molar-refractivity contribution in [2.45, 2.75) is 20.0 Å². The molecule has 1 fully saturated rings. The second-order valence-electron chi connectivity index (χ2n) is 6.32. The van der Waals surface area contributed by atoms with Gasteiger partial charge in [0.1, 0.15) is 5.82 Å². The molecule has 0 bridgehead atoms. The summed E-state index contributed by atoms with van der Waals surface area (Å²) in [4.78, 5) is 4.94. The molecule has 0 unspecified atom stereocenters. The van der Waals surface area contributed by atoms with Gasteiger partial charge in [-0.25, -0.2) is 4.39 Å². The van der Waals surface area contributed by atoms with E-state index in [1.54, 1.807) is 12.1 Å². The molecule has 2 aromatic carbocycles. The van der Waals surface area contributed by atoms with Crippen molar-refractivity contribution < 1.29 is 4.39 Å². The van der Waals surface area contributed by atoms with E-state index in [1.165, 1.54) is 17.3 Å². The van der Waals surface area contributed by atoms with E-state index >= 15 is 0 Å². The molecule has 4 heteroatoms. The predicted octanol–water partition coefficient (Wildman–Crippen LogP) is 3.26. The Morgan fingerprint density at radius 3 is 2.29 bits per heavy atom. The summed E-state index contributed by atoms with van der Waals surface area (Å²) in [6, 6.07) is 15.5. The van der Waals surface area contributed by atoms with E-state index in [0.29, 0.717) is 6.54 Å². The van der Waals surface area contributed by atoms with Crippen molar-refractivity contribution in [3.8, 4) is 0 Å². The summed E-state index contributed by atoms with van der Waals surface area (Å²) in [5.41, 5.74) is 3.53. The average Bonchev–Trinajstić information content (AvgIpc) is 2.63. The fraction of sp³-hybridized carbons (Fsp3) is 0.400. The molecule has 3 nitrogen and oxygen atoms in total. The van der Waals surface area contributed by atoms with Crippen molar-refractivity contribution >= 4 is 5.69 Å². The summed E-state index contributed by atoms with van der Waals surface area (Å²) >= 11 is 0. The highest BCUT2D eigenvalue weighted by Crippen LogP contribution is 2.17. The lowest BCUT2D eigenvalue weighted by atomic mass is 10.1. The highest BCUT2D eigenvalue weighted by atomic mass is 19.1. The fourth-order valence-electron chi connectivity index (χ4n) is 3.15. The number of piperazine rings is 1. The van der Waals surface area contributed by atoms with Gasteiger partial charge < -0.3 is 15.1 Å². The highest BCUT2D eigenvalue weighted by molar-refractivity contribution is 5.48. The number of hydrogen-bond acceptors (Lipinski definition) is 3. The lowest BCUT2D eigenvalue weighted by Crippen LogP contribution is -2.46. The maximum absolute atomic E-state index is 13.2. The first-order chi connectivity index (χ1) is 11.7. The number of halogens is 1. The second-order valence-corrected chi connectivity index (χ2v) is 6.32. The lowest BCUT2D eigenvalue weighted by molar-refractivity contribution is 0.271. The molecule has 24 heavy (non-hydrogen) atoms. The van der Waals surface area contributed by atoms with Crippen LogP contribution in [0.3, 0.4) is 0 Å². The number of hydrogen-bond donors (Lipinski definition) is 1. The van der Waals surface area contributed by atoms with Gasteiger partial charge in [0.2, 0.25) is 0 Å². The van der Waals surface area contributed by atoms with Crippen LogP contribution >= 0.6 is 0 Å². The van der Waals surface area contributed by atoms with Crippen LogP contribution in [0.15, 0.2) is 48.5 Å². The summed E-state index contributed by atoms with van der Waals surface area (Å²) < 4.78 is 13.2. The van der Waals surface area contributed by atoms with E-state index in [0.717, 1.165) is 44.8 Å². The minimum atomic E-state index is -0.179. The van der Waals surface area contributed by atoms with Crippen LogP contribution in [0.2, 0.25) is 0 Å². The van der Waals surface area contributed by atoms with Gasteiger partial charge in [0, 0.05) is 45.0 Å². The van der Waals surface area contributed by atoms with Crippen LogP contribution in [0, 0.1) is 5.82 Å². The smallest absolute Gasteiger partial charge is 0.123 e.